The first-order valence-electron chi connectivity index (χ1n) is 16.2. The third-order valence-electron chi connectivity index (χ3n) is 9.03. The van der Waals surface area contributed by atoms with Gasteiger partial charge >= 0.3 is 4.87 Å². The number of ether oxygens (including phenoxy) is 2. The molecule has 12 heteroatoms. The molecule has 1 spiro atoms. The van der Waals surface area contributed by atoms with Gasteiger partial charge in [-0.2, -0.15) is 0 Å². The molecule has 1 amide bonds. The van der Waals surface area contributed by atoms with Crippen molar-refractivity contribution in [2.45, 2.75) is 76.4 Å². The summed E-state index contributed by atoms with van der Waals surface area (Å²) in [6.07, 6.45) is 9.62. The van der Waals surface area contributed by atoms with Crippen molar-refractivity contribution < 1.29 is 24.2 Å². The van der Waals surface area contributed by atoms with E-state index in [1.165, 1.54) is 37.0 Å². The van der Waals surface area contributed by atoms with Crippen molar-refractivity contribution >= 4 is 45.3 Å². The zero-order valence-corrected chi connectivity index (χ0v) is 27.8. The van der Waals surface area contributed by atoms with Gasteiger partial charge in [0.05, 0.1) is 34.4 Å². The van der Waals surface area contributed by atoms with Crippen molar-refractivity contribution in [2.24, 2.45) is 0 Å². The van der Waals surface area contributed by atoms with E-state index in [1.807, 2.05) is 24.0 Å². The molecule has 2 aliphatic rings. The average molecular weight is 659 g/mol. The molecule has 10 nitrogen and oxygen atoms in total. The number of nitrogens with one attached hydrogen (secondary N) is 2. The fraction of sp³-hybridized carbons (Fsp3) is 0.606. The van der Waals surface area contributed by atoms with Gasteiger partial charge in [0.2, 0.25) is 0 Å². The van der Waals surface area contributed by atoms with Crippen LogP contribution in [-0.4, -0.2) is 90.3 Å². The fourth-order valence-corrected chi connectivity index (χ4v) is 8.22. The summed E-state index contributed by atoms with van der Waals surface area (Å²) in [6, 6.07) is 7.27. The van der Waals surface area contributed by atoms with Crippen LogP contribution in [0.2, 0.25) is 0 Å². The van der Waals surface area contributed by atoms with E-state index < -0.39 is 6.10 Å². The Labute approximate surface area is 272 Å². The number of aliphatic hydroxyl groups excluding tert-OH is 1. The Kier molecular flexibility index (Phi) is 12.2. The topological polar surface area (TPSA) is 124 Å². The van der Waals surface area contributed by atoms with Gasteiger partial charge in [0.25, 0.3) is 12.4 Å². The van der Waals surface area contributed by atoms with Crippen molar-refractivity contribution in [1.82, 2.24) is 20.1 Å². The summed E-state index contributed by atoms with van der Waals surface area (Å²) in [5.41, 5.74) is 0.908. The number of aryl methyl sites for hydroxylation is 1. The van der Waals surface area contributed by atoms with Crippen LogP contribution < -0.4 is 14.9 Å². The first kappa shape index (κ1) is 33.7. The maximum absolute atomic E-state index is 13.0. The van der Waals surface area contributed by atoms with Gasteiger partial charge < -0.3 is 34.7 Å². The molecule has 0 radical (unpaired) electrons. The molecular weight excluding hydrogens is 613 g/mol. The highest BCUT2D eigenvalue weighted by Gasteiger charge is 2.41. The van der Waals surface area contributed by atoms with Crippen molar-refractivity contribution in [3.05, 3.63) is 49.3 Å². The Morgan fingerprint density at radius 3 is 2.58 bits per heavy atom. The molecule has 5 rings (SSSR count). The molecular formula is C33H46N4O6S2. The van der Waals surface area contributed by atoms with Crippen LogP contribution in [0.1, 0.15) is 84.0 Å². The van der Waals surface area contributed by atoms with Crippen LogP contribution in [0, 0.1) is 6.92 Å². The van der Waals surface area contributed by atoms with Crippen LogP contribution in [0.15, 0.2) is 29.1 Å². The summed E-state index contributed by atoms with van der Waals surface area (Å²) < 4.78 is 11.8. The van der Waals surface area contributed by atoms with Crippen molar-refractivity contribution in [3.63, 3.8) is 0 Å². The Morgan fingerprint density at radius 2 is 1.84 bits per heavy atom. The van der Waals surface area contributed by atoms with Gasteiger partial charge in [-0.05, 0) is 63.9 Å². The van der Waals surface area contributed by atoms with Crippen LogP contribution in [0.3, 0.4) is 0 Å². The fourth-order valence-electron chi connectivity index (χ4n) is 6.47. The van der Waals surface area contributed by atoms with Crippen LogP contribution in [0.4, 0.5) is 0 Å². The highest BCUT2D eigenvalue weighted by atomic mass is 32.1. The number of aromatic amines is 1. The van der Waals surface area contributed by atoms with Gasteiger partial charge in [-0.3, -0.25) is 14.4 Å². The lowest BCUT2D eigenvalue weighted by atomic mass is 9.89. The van der Waals surface area contributed by atoms with Crippen LogP contribution in [-0.2, 0) is 9.53 Å². The van der Waals surface area contributed by atoms with Crippen LogP contribution >= 0.6 is 22.7 Å². The SMILES string of the molecule is Cc1ccc(C(=O)N2CCOC3(CCN(CCCCCCCCCNCC(O)c4ccc(OC=O)c5[nH]c(=O)sc45)CC3)C2)s1. The average Bonchev–Trinajstić information content (AvgIpc) is 3.66. The number of thiazole rings is 1. The Balaban J connectivity index is 0.891. The third kappa shape index (κ3) is 9.02. The van der Waals surface area contributed by atoms with E-state index in [0.717, 1.165) is 68.1 Å². The Bertz CT molecular complexity index is 1460. The second-order valence-corrected chi connectivity index (χ2v) is 14.6. The quantitative estimate of drug-likeness (QED) is 0.147. The number of unbranched alkanes of at least 4 members (excludes halogenated alkanes) is 6. The maximum Gasteiger partial charge on any atom is 0.305 e. The normalized spacial score (nSPS) is 17.6. The number of carbonyl (C=O) groups excluding carboxylic acids is 2. The Morgan fingerprint density at radius 1 is 1.09 bits per heavy atom. The number of rotatable bonds is 16. The Hall–Kier alpha value is -2.61. The third-order valence-corrected chi connectivity index (χ3v) is 10.9. The molecule has 3 aromatic rings. The first-order valence-corrected chi connectivity index (χ1v) is 17.9. The highest BCUT2D eigenvalue weighted by molar-refractivity contribution is 7.16. The lowest BCUT2D eigenvalue weighted by Crippen LogP contribution is -2.58. The number of carbonyl (C=O) groups is 2. The van der Waals surface area contributed by atoms with Gasteiger partial charge in [-0.15, -0.1) is 11.3 Å². The lowest BCUT2D eigenvalue weighted by molar-refractivity contribution is -0.127. The number of H-pyrrole nitrogens is 1. The standard InChI is InChI=1S/C33H46N4O6S2/c1-24-9-12-28(44-24)31(40)37-19-20-43-33(22-37)13-17-36(18-14-33)16-8-6-4-2-3-5-7-15-34-21-26(39)25-10-11-27(42-23-38)29-30(25)45-32(41)35-29/h9-12,23,26,34,39H,2-8,13-22H2,1H3,(H,35,41). The molecule has 246 valence electrons. The second kappa shape index (κ2) is 16.3. The van der Waals surface area contributed by atoms with E-state index in [-0.39, 0.29) is 22.1 Å². The summed E-state index contributed by atoms with van der Waals surface area (Å²) in [5, 5.41) is 14.0. The molecule has 2 aromatic heterocycles. The molecule has 0 aliphatic carbocycles. The summed E-state index contributed by atoms with van der Waals surface area (Å²) in [7, 11) is 0. The van der Waals surface area contributed by atoms with Crippen molar-refractivity contribution in [3.8, 4) is 5.75 Å². The molecule has 4 heterocycles. The number of benzene rings is 1. The van der Waals surface area contributed by atoms with Crippen LogP contribution in [0.25, 0.3) is 10.2 Å². The smallest absolute Gasteiger partial charge is 0.305 e. The van der Waals surface area contributed by atoms with E-state index in [4.69, 9.17) is 9.47 Å². The number of nitrogens with zero attached hydrogens (tertiary/aromatic N) is 2. The van der Waals surface area contributed by atoms with Gasteiger partial charge in [-0.1, -0.05) is 49.5 Å². The number of hydrogen-bond donors (Lipinski definition) is 3. The van der Waals surface area contributed by atoms with Crippen molar-refractivity contribution in [1.29, 1.82) is 0 Å². The van der Waals surface area contributed by atoms with E-state index in [2.05, 4.69) is 15.2 Å². The van der Waals surface area contributed by atoms with Gasteiger partial charge in [0.1, 0.15) is 5.52 Å². The molecule has 1 unspecified atom stereocenters. The molecule has 1 atom stereocenters. The first-order chi connectivity index (χ1) is 21.9. The highest BCUT2D eigenvalue weighted by Crippen LogP contribution is 2.33. The number of morpholine rings is 1. The zero-order chi connectivity index (χ0) is 31.6. The molecule has 0 saturated carbocycles. The maximum atomic E-state index is 13.0. The molecule has 2 aliphatic heterocycles. The number of amides is 1. The van der Waals surface area contributed by atoms with Gasteiger partial charge in [0, 0.05) is 36.6 Å². The van der Waals surface area contributed by atoms with E-state index in [9.17, 15) is 19.5 Å². The minimum absolute atomic E-state index is 0.152. The zero-order valence-electron chi connectivity index (χ0n) is 26.2. The summed E-state index contributed by atoms with van der Waals surface area (Å²) in [4.78, 5) is 44.6. The number of aliphatic hydroxyl groups is 1. The van der Waals surface area contributed by atoms with Crippen molar-refractivity contribution in [2.75, 3.05) is 52.4 Å². The minimum atomic E-state index is -0.760. The van der Waals surface area contributed by atoms with E-state index >= 15 is 0 Å². The lowest BCUT2D eigenvalue weighted by Gasteiger charge is -2.47. The second-order valence-electron chi connectivity index (χ2n) is 12.3. The van der Waals surface area contributed by atoms with E-state index in [1.54, 1.807) is 23.5 Å². The molecule has 45 heavy (non-hydrogen) atoms. The number of hydrogen-bond acceptors (Lipinski definition) is 10. The molecule has 1 aromatic carbocycles. The van der Waals surface area contributed by atoms with Gasteiger partial charge in [-0.25, -0.2) is 0 Å². The number of likely N-dealkylation sites (tertiary alicyclic amines) is 1. The molecule has 2 fully saturated rings. The molecule has 2 saturated heterocycles. The number of piperidine rings is 1. The minimum Gasteiger partial charge on any atom is -0.426 e. The molecule has 3 N–H and O–H groups in total. The van der Waals surface area contributed by atoms with Crippen LogP contribution in [0.5, 0.6) is 5.75 Å². The monoisotopic (exact) mass is 658 g/mol. The molecule has 0 bridgehead atoms. The largest absolute Gasteiger partial charge is 0.426 e. The summed E-state index contributed by atoms with van der Waals surface area (Å²) >= 11 is 2.58. The van der Waals surface area contributed by atoms with E-state index in [0.29, 0.717) is 48.5 Å². The summed E-state index contributed by atoms with van der Waals surface area (Å²) in [6.45, 7) is 8.83. The predicted molar refractivity (Wildman–Crippen MR) is 179 cm³/mol. The van der Waals surface area contributed by atoms with Gasteiger partial charge in [0.15, 0.2) is 5.75 Å². The number of thiophene rings is 1. The number of fused-ring (bicyclic) bond motifs is 1. The predicted octanol–water partition coefficient (Wildman–Crippen LogP) is 4.86. The number of aromatic nitrogens is 1. The summed E-state index contributed by atoms with van der Waals surface area (Å²) in [5.74, 6) is 0.433.